The third kappa shape index (κ3) is 18.1. The fraction of sp³-hybridized carbons (Fsp3) is 0.516. The van der Waals surface area contributed by atoms with Gasteiger partial charge in [-0.15, -0.1) is 0 Å². The van der Waals surface area contributed by atoms with Crippen LogP contribution in [-0.4, -0.2) is 114 Å². The van der Waals surface area contributed by atoms with Gasteiger partial charge in [0.2, 0.25) is 41.4 Å². The molecule has 0 spiro atoms. The maximum Gasteiger partial charge on any atom is 0.326 e. The zero-order valence-electron chi connectivity index (χ0n) is 29.0. The SMILES string of the molecule is CC(C)C[C@H](NC(=O)CNC(=O)[C@H](CC(N)=O)NC(=O)[C@H](Cc1ccc(O)cc1)NC(=O)[C@H](CCCN=C(N)N)NC(=O)CNC(=O)CN)C(=O)O. The Labute approximate surface area is 299 Å². The molecule has 21 nitrogen and oxygen atoms in total. The third-order valence-electron chi connectivity index (χ3n) is 7.04. The maximum atomic E-state index is 13.7. The molecule has 0 fully saturated rings. The minimum absolute atomic E-state index is 0.0264. The first-order valence-corrected chi connectivity index (χ1v) is 16.2. The zero-order valence-corrected chi connectivity index (χ0v) is 29.0. The van der Waals surface area contributed by atoms with Gasteiger partial charge in [-0.2, -0.15) is 0 Å². The second-order valence-corrected chi connectivity index (χ2v) is 12.0. The molecule has 0 aliphatic carbocycles. The van der Waals surface area contributed by atoms with Gasteiger partial charge in [-0.3, -0.25) is 38.6 Å². The Morgan fingerprint density at radius 1 is 0.731 bits per heavy atom. The predicted molar refractivity (Wildman–Crippen MR) is 185 cm³/mol. The Bertz CT molecular complexity index is 1450. The number of carboxylic acids is 1. The minimum Gasteiger partial charge on any atom is -0.508 e. The molecule has 0 saturated heterocycles. The average molecular weight is 736 g/mol. The van der Waals surface area contributed by atoms with Gasteiger partial charge in [0.05, 0.1) is 26.1 Å². The van der Waals surface area contributed by atoms with Crippen molar-refractivity contribution in [3.8, 4) is 5.75 Å². The van der Waals surface area contributed by atoms with E-state index in [4.69, 9.17) is 22.9 Å². The van der Waals surface area contributed by atoms with Gasteiger partial charge in [0.25, 0.3) is 0 Å². The minimum atomic E-state index is -1.64. The predicted octanol–water partition coefficient (Wildman–Crippen LogP) is -4.88. The number of guanidine groups is 1. The number of primary amides is 1. The number of aliphatic imine (C=N–C) groups is 1. The van der Waals surface area contributed by atoms with E-state index in [2.05, 4.69) is 36.9 Å². The first-order valence-electron chi connectivity index (χ1n) is 16.2. The van der Waals surface area contributed by atoms with Crippen LogP contribution in [0.4, 0.5) is 0 Å². The number of amides is 7. The summed E-state index contributed by atoms with van der Waals surface area (Å²) in [6, 6.07) is 0.00462. The highest BCUT2D eigenvalue weighted by Gasteiger charge is 2.31. The highest BCUT2D eigenvalue weighted by atomic mass is 16.4. The van der Waals surface area contributed by atoms with E-state index < -0.39 is 91.0 Å². The smallest absolute Gasteiger partial charge is 0.326 e. The van der Waals surface area contributed by atoms with Gasteiger partial charge < -0.3 is 65.0 Å². The molecule has 1 rings (SSSR count). The van der Waals surface area contributed by atoms with Gasteiger partial charge >= 0.3 is 5.97 Å². The Hall–Kier alpha value is -5.99. The lowest BCUT2D eigenvalue weighted by atomic mass is 10.0. The van der Waals surface area contributed by atoms with Crippen molar-refractivity contribution in [2.45, 2.75) is 70.1 Å². The normalized spacial score (nSPS) is 12.9. The molecular formula is C31H49N11O10. The molecule has 0 unspecified atom stereocenters. The van der Waals surface area contributed by atoms with Crippen LogP contribution in [0.3, 0.4) is 0 Å². The van der Waals surface area contributed by atoms with Gasteiger partial charge in [0, 0.05) is 13.0 Å². The first-order chi connectivity index (χ1) is 24.4. The summed E-state index contributed by atoms with van der Waals surface area (Å²) < 4.78 is 0. The van der Waals surface area contributed by atoms with Crippen LogP contribution in [0.15, 0.2) is 29.3 Å². The van der Waals surface area contributed by atoms with E-state index in [0.29, 0.717) is 5.56 Å². The first kappa shape index (κ1) is 44.0. The summed E-state index contributed by atoms with van der Waals surface area (Å²) in [6.45, 7) is 2.01. The Morgan fingerprint density at radius 2 is 1.29 bits per heavy atom. The summed E-state index contributed by atoms with van der Waals surface area (Å²) >= 11 is 0. The number of carbonyl (C=O) groups is 8. The molecule has 7 amide bonds. The van der Waals surface area contributed by atoms with E-state index >= 15 is 0 Å². The summed E-state index contributed by atoms with van der Waals surface area (Å²) in [5, 5.41) is 33.2. The molecule has 288 valence electrons. The number of phenolic OH excluding ortho intramolecular Hbond substituents is 1. The van der Waals surface area contributed by atoms with E-state index in [1.807, 2.05) is 0 Å². The second-order valence-electron chi connectivity index (χ2n) is 12.0. The number of aromatic hydroxyl groups is 1. The zero-order chi connectivity index (χ0) is 39.4. The Balaban J connectivity index is 3.25. The van der Waals surface area contributed by atoms with Gasteiger partial charge in [0.15, 0.2) is 5.96 Å². The van der Waals surface area contributed by atoms with Crippen LogP contribution in [0.5, 0.6) is 5.75 Å². The number of carboxylic acid groups (broad SMARTS) is 1. The number of benzene rings is 1. The summed E-state index contributed by atoms with van der Waals surface area (Å²) in [7, 11) is 0. The standard InChI is InChI=1S/C31H49N11O10/c1-16(2)10-22(30(51)52)40-26(47)15-38-27(48)21(12-23(33)44)42-29(50)20(11-17-5-7-18(43)8-6-17)41-28(49)19(4-3-9-36-31(34)35)39-25(46)14-37-24(45)13-32/h5-8,16,19-22,43H,3-4,9-15,32H2,1-2H3,(H2,33,44)(H,37,45)(H,38,48)(H,39,46)(H,40,47)(H,41,49)(H,42,50)(H,51,52)(H4,34,35,36)/t19-,20-,21-,22-/m0/s1. The number of hydrogen-bond donors (Lipinski definition) is 12. The number of carbonyl (C=O) groups excluding carboxylic acids is 7. The fourth-order valence-corrected chi connectivity index (χ4v) is 4.53. The molecule has 0 saturated carbocycles. The highest BCUT2D eigenvalue weighted by Crippen LogP contribution is 2.12. The summed E-state index contributed by atoms with van der Waals surface area (Å²) in [4.78, 5) is 104. The highest BCUT2D eigenvalue weighted by molar-refractivity contribution is 5.97. The van der Waals surface area contributed by atoms with Crippen LogP contribution >= 0.6 is 0 Å². The van der Waals surface area contributed by atoms with Crippen molar-refractivity contribution in [1.82, 2.24) is 31.9 Å². The number of hydrogen-bond acceptors (Lipinski definition) is 11. The monoisotopic (exact) mass is 735 g/mol. The molecule has 0 aliphatic heterocycles. The third-order valence-corrected chi connectivity index (χ3v) is 7.04. The second kappa shape index (κ2) is 22.7. The molecule has 4 atom stereocenters. The van der Waals surface area contributed by atoms with Crippen molar-refractivity contribution in [2.75, 3.05) is 26.2 Å². The summed E-state index contributed by atoms with van der Waals surface area (Å²) in [5.74, 6) is -7.71. The van der Waals surface area contributed by atoms with Crippen LogP contribution in [0.1, 0.15) is 45.1 Å². The molecule has 16 N–H and O–H groups in total. The van der Waals surface area contributed by atoms with Gasteiger partial charge in [0.1, 0.15) is 29.9 Å². The van der Waals surface area contributed by atoms with Gasteiger partial charge in [-0.1, -0.05) is 26.0 Å². The van der Waals surface area contributed by atoms with Crippen molar-refractivity contribution in [2.24, 2.45) is 33.8 Å². The number of phenols is 1. The maximum absolute atomic E-state index is 13.7. The van der Waals surface area contributed by atoms with E-state index in [1.54, 1.807) is 13.8 Å². The lowest BCUT2D eigenvalue weighted by molar-refractivity contribution is -0.142. The van der Waals surface area contributed by atoms with Crippen molar-refractivity contribution in [3.05, 3.63) is 29.8 Å². The molecule has 0 aliphatic rings. The van der Waals surface area contributed by atoms with Gasteiger partial charge in [-0.25, -0.2) is 4.79 Å². The summed E-state index contributed by atoms with van der Waals surface area (Å²) in [5.41, 5.74) is 21.7. The quantitative estimate of drug-likeness (QED) is 0.0285. The molecule has 0 aromatic heterocycles. The molecule has 52 heavy (non-hydrogen) atoms. The number of nitrogens with zero attached hydrogens (tertiary/aromatic N) is 1. The number of aliphatic carboxylic acids is 1. The van der Waals surface area contributed by atoms with Crippen molar-refractivity contribution >= 4 is 53.3 Å². The van der Waals surface area contributed by atoms with Crippen molar-refractivity contribution in [3.63, 3.8) is 0 Å². The lowest BCUT2D eigenvalue weighted by Crippen LogP contribution is -2.58. The van der Waals surface area contributed by atoms with Crippen LogP contribution in [0.25, 0.3) is 0 Å². The number of rotatable bonds is 23. The topological polar surface area (TPSA) is 366 Å². The molecule has 0 bridgehead atoms. The molecule has 1 aromatic rings. The van der Waals surface area contributed by atoms with E-state index in [0.717, 1.165) is 0 Å². The fourth-order valence-electron chi connectivity index (χ4n) is 4.53. The molecular weight excluding hydrogens is 686 g/mol. The number of nitrogens with one attached hydrogen (secondary N) is 6. The molecule has 0 radical (unpaired) electrons. The Morgan fingerprint density at radius 3 is 1.83 bits per heavy atom. The average Bonchev–Trinajstić information content (AvgIpc) is 3.06. The van der Waals surface area contributed by atoms with Crippen LogP contribution in [-0.2, 0) is 44.8 Å². The van der Waals surface area contributed by atoms with Crippen molar-refractivity contribution < 1.29 is 48.6 Å². The molecule has 0 heterocycles. The lowest BCUT2D eigenvalue weighted by Gasteiger charge is -2.25. The molecule has 21 heteroatoms. The summed E-state index contributed by atoms with van der Waals surface area (Å²) in [6.07, 6.45) is -0.642. The van der Waals surface area contributed by atoms with Gasteiger partial charge in [-0.05, 0) is 42.9 Å². The van der Waals surface area contributed by atoms with Crippen LogP contribution < -0.4 is 54.8 Å². The number of nitrogens with two attached hydrogens (primary N) is 4. The largest absolute Gasteiger partial charge is 0.508 e. The van der Waals surface area contributed by atoms with E-state index in [-0.39, 0.29) is 56.4 Å². The molecule has 1 aromatic carbocycles. The van der Waals surface area contributed by atoms with E-state index in [1.165, 1.54) is 24.3 Å². The Kier molecular flexibility index (Phi) is 19.2. The van der Waals surface area contributed by atoms with E-state index in [9.17, 15) is 48.6 Å². The van der Waals surface area contributed by atoms with Crippen molar-refractivity contribution in [1.29, 1.82) is 0 Å². The van der Waals surface area contributed by atoms with Crippen LogP contribution in [0.2, 0.25) is 0 Å². The van der Waals surface area contributed by atoms with Crippen LogP contribution in [0, 0.1) is 5.92 Å².